The zero-order valence-electron chi connectivity index (χ0n) is 18.7. The van der Waals surface area contributed by atoms with Crippen LogP contribution in [0.15, 0.2) is 60.8 Å². The van der Waals surface area contributed by atoms with Crippen LogP contribution in [0.3, 0.4) is 0 Å². The maximum absolute atomic E-state index is 13.1. The molecule has 4 rings (SSSR count). The van der Waals surface area contributed by atoms with Crippen LogP contribution in [-0.4, -0.2) is 33.4 Å². The van der Waals surface area contributed by atoms with Crippen molar-refractivity contribution in [1.82, 2.24) is 20.3 Å². The maximum Gasteiger partial charge on any atom is 0.270 e. The summed E-state index contributed by atoms with van der Waals surface area (Å²) in [5, 5.41) is 10.9. The first-order chi connectivity index (χ1) is 16.0. The lowest BCUT2D eigenvalue weighted by Crippen LogP contribution is -2.34. The fourth-order valence-corrected chi connectivity index (χ4v) is 3.78. The highest BCUT2D eigenvalue weighted by Gasteiger charge is 2.22. The van der Waals surface area contributed by atoms with E-state index in [2.05, 4.69) is 15.6 Å². The Morgan fingerprint density at radius 1 is 1.12 bits per heavy atom. The Kier molecular flexibility index (Phi) is 7.02. The monoisotopic (exact) mass is 447 g/mol. The van der Waals surface area contributed by atoms with Crippen molar-refractivity contribution in [3.63, 3.8) is 0 Å². The van der Waals surface area contributed by atoms with Gasteiger partial charge in [-0.05, 0) is 48.9 Å². The van der Waals surface area contributed by atoms with Gasteiger partial charge in [-0.15, -0.1) is 5.10 Å². The molecule has 3 aromatic rings. The SMILES string of the molecule is C[C@H](C(=O)N[C@@H](Cn1cc(C(N)=O)nn1)c1ccc(OCC2CCC2)cc1)c1ccccc1. The average molecular weight is 448 g/mol. The van der Waals surface area contributed by atoms with Gasteiger partial charge in [-0.1, -0.05) is 54.1 Å². The second-order valence-corrected chi connectivity index (χ2v) is 8.56. The van der Waals surface area contributed by atoms with E-state index < -0.39 is 5.91 Å². The predicted molar refractivity (Wildman–Crippen MR) is 124 cm³/mol. The van der Waals surface area contributed by atoms with Crippen LogP contribution in [0.4, 0.5) is 0 Å². The number of hydrogen-bond acceptors (Lipinski definition) is 5. The molecule has 1 aliphatic carbocycles. The summed E-state index contributed by atoms with van der Waals surface area (Å²) < 4.78 is 7.42. The third kappa shape index (κ3) is 5.77. The summed E-state index contributed by atoms with van der Waals surface area (Å²) in [6, 6.07) is 17.0. The summed E-state index contributed by atoms with van der Waals surface area (Å²) in [5.74, 6) is 0.392. The van der Waals surface area contributed by atoms with E-state index in [9.17, 15) is 9.59 Å². The molecule has 0 bridgehead atoms. The molecule has 1 saturated carbocycles. The van der Waals surface area contributed by atoms with Gasteiger partial charge in [0.2, 0.25) is 5.91 Å². The average Bonchev–Trinajstić information content (AvgIpc) is 3.27. The molecule has 33 heavy (non-hydrogen) atoms. The van der Waals surface area contributed by atoms with E-state index in [0.29, 0.717) is 12.5 Å². The fourth-order valence-electron chi connectivity index (χ4n) is 3.78. The van der Waals surface area contributed by atoms with Crippen molar-refractivity contribution in [3.05, 3.63) is 77.6 Å². The van der Waals surface area contributed by atoms with Gasteiger partial charge in [-0.25, -0.2) is 4.68 Å². The normalized spacial score (nSPS) is 15.3. The van der Waals surface area contributed by atoms with Gasteiger partial charge >= 0.3 is 0 Å². The third-order valence-corrected chi connectivity index (χ3v) is 6.16. The van der Waals surface area contributed by atoms with Gasteiger partial charge in [-0.3, -0.25) is 9.59 Å². The molecule has 0 spiro atoms. The molecule has 2 aromatic carbocycles. The van der Waals surface area contributed by atoms with E-state index in [4.69, 9.17) is 10.5 Å². The van der Waals surface area contributed by atoms with Crippen LogP contribution in [0.2, 0.25) is 0 Å². The Morgan fingerprint density at radius 3 is 2.45 bits per heavy atom. The zero-order chi connectivity index (χ0) is 23.2. The number of primary amides is 1. The Balaban J connectivity index is 1.49. The Hall–Kier alpha value is -3.68. The number of aromatic nitrogens is 3. The first-order valence-electron chi connectivity index (χ1n) is 11.3. The molecule has 8 nitrogen and oxygen atoms in total. The van der Waals surface area contributed by atoms with Gasteiger partial charge in [0.25, 0.3) is 5.91 Å². The van der Waals surface area contributed by atoms with Crippen LogP contribution in [-0.2, 0) is 11.3 Å². The van der Waals surface area contributed by atoms with Crippen molar-refractivity contribution in [3.8, 4) is 5.75 Å². The van der Waals surface area contributed by atoms with E-state index in [-0.39, 0.29) is 23.6 Å². The molecule has 172 valence electrons. The Morgan fingerprint density at radius 2 is 1.85 bits per heavy atom. The van der Waals surface area contributed by atoms with Crippen LogP contribution in [0, 0.1) is 5.92 Å². The van der Waals surface area contributed by atoms with Crippen LogP contribution in [0.25, 0.3) is 0 Å². The van der Waals surface area contributed by atoms with Crippen molar-refractivity contribution in [2.45, 2.75) is 44.7 Å². The maximum atomic E-state index is 13.1. The number of carbonyl (C=O) groups excluding carboxylic acids is 2. The number of amides is 2. The van der Waals surface area contributed by atoms with Gasteiger partial charge < -0.3 is 15.8 Å². The number of nitrogens with zero attached hydrogens (tertiary/aromatic N) is 3. The molecule has 3 N–H and O–H groups in total. The summed E-state index contributed by atoms with van der Waals surface area (Å²) >= 11 is 0. The lowest BCUT2D eigenvalue weighted by Gasteiger charge is -2.25. The van der Waals surface area contributed by atoms with Crippen LogP contribution in [0.1, 0.15) is 59.8 Å². The standard InChI is InChI=1S/C25H29N5O3/c1-17(19-8-3-2-4-9-19)25(32)27-22(14-30-15-23(24(26)31)28-29-30)20-10-12-21(13-11-20)33-16-18-6-5-7-18/h2-4,8-13,15,17-18,22H,5-7,14,16H2,1H3,(H2,26,31)(H,27,32)/t17-,22-/m0/s1. The molecule has 0 radical (unpaired) electrons. The molecular weight excluding hydrogens is 418 g/mol. The molecule has 2 amide bonds. The molecule has 0 saturated heterocycles. The van der Waals surface area contributed by atoms with Crippen molar-refractivity contribution >= 4 is 11.8 Å². The summed E-state index contributed by atoms with van der Waals surface area (Å²) in [7, 11) is 0. The first kappa shape index (κ1) is 22.5. The van der Waals surface area contributed by atoms with E-state index in [1.807, 2.05) is 61.5 Å². The molecule has 1 fully saturated rings. The van der Waals surface area contributed by atoms with Crippen LogP contribution < -0.4 is 15.8 Å². The Bertz CT molecular complexity index is 1080. The third-order valence-electron chi connectivity index (χ3n) is 6.16. The van der Waals surface area contributed by atoms with Gasteiger partial charge in [0.1, 0.15) is 5.75 Å². The van der Waals surface area contributed by atoms with Crippen molar-refractivity contribution in [2.75, 3.05) is 6.61 Å². The van der Waals surface area contributed by atoms with Gasteiger partial charge in [-0.2, -0.15) is 0 Å². The number of rotatable bonds is 10. The minimum atomic E-state index is -0.646. The molecule has 0 unspecified atom stereocenters. The molecule has 8 heteroatoms. The zero-order valence-corrected chi connectivity index (χ0v) is 18.7. The molecule has 0 aliphatic heterocycles. The predicted octanol–water partition coefficient (Wildman–Crippen LogP) is 3.22. The van der Waals surface area contributed by atoms with Crippen LogP contribution in [0.5, 0.6) is 5.75 Å². The smallest absolute Gasteiger partial charge is 0.270 e. The molecular formula is C25H29N5O3. The largest absolute Gasteiger partial charge is 0.493 e. The minimum absolute atomic E-state index is 0.0810. The van der Waals surface area contributed by atoms with E-state index >= 15 is 0 Å². The van der Waals surface area contributed by atoms with Gasteiger partial charge in [0.05, 0.1) is 31.3 Å². The highest BCUT2D eigenvalue weighted by Crippen LogP contribution is 2.28. The number of benzene rings is 2. The van der Waals surface area contributed by atoms with E-state index in [1.54, 1.807) is 0 Å². The number of nitrogens with one attached hydrogen (secondary N) is 1. The fraction of sp³-hybridized carbons (Fsp3) is 0.360. The number of carbonyl (C=O) groups is 2. The van der Waals surface area contributed by atoms with Gasteiger partial charge in [0.15, 0.2) is 5.69 Å². The lowest BCUT2D eigenvalue weighted by atomic mass is 9.86. The second-order valence-electron chi connectivity index (χ2n) is 8.56. The first-order valence-corrected chi connectivity index (χ1v) is 11.3. The number of ether oxygens (including phenoxy) is 1. The number of hydrogen-bond donors (Lipinski definition) is 2. The molecule has 1 aliphatic rings. The second kappa shape index (κ2) is 10.3. The van der Waals surface area contributed by atoms with E-state index in [1.165, 1.54) is 30.1 Å². The summed E-state index contributed by atoms with van der Waals surface area (Å²) in [6.07, 6.45) is 5.24. The van der Waals surface area contributed by atoms with E-state index in [0.717, 1.165) is 23.5 Å². The minimum Gasteiger partial charge on any atom is -0.493 e. The molecule has 1 heterocycles. The molecule has 1 aromatic heterocycles. The Labute approximate surface area is 193 Å². The van der Waals surface area contributed by atoms with Crippen LogP contribution >= 0.6 is 0 Å². The quantitative estimate of drug-likeness (QED) is 0.496. The van der Waals surface area contributed by atoms with Crippen molar-refractivity contribution in [2.24, 2.45) is 11.7 Å². The molecule has 2 atom stereocenters. The van der Waals surface area contributed by atoms with Crippen molar-refractivity contribution < 1.29 is 14.3 Å². The summed E-state index contributed by atoms with van der Waals surface area (Å²) in [4.78, 5) is 24.4. The highest BCUT2D eigenvalue weighted by atomic mass is 16.5. The lowest BCUT2D eigenvalue weighted by molar-refractivity contribution is -0.123. The number of nitrogens with two attached hydrogens (primary N) is 1. The summed E-state index contributed by atoms with van der Waals surface area (Å²) in [6.45, 7) is 2.92. The summed E-state index contributed by atoms with van der Waals surface area (Å²) in [5.41, 5.74) is 7.21. The van der Waals surface area contributed by atoms with Crippen molar-refractivity contribution in [1.29, 1.82) is 0 Å². The van der Waals surface area contributed by atoms with Gasteiger partial charge in [0, 0.05) is 0 Å². The topological polar surface area (TPSA) is 112 Å². The highest BCUT2D eigenvalue weighted by molar-refractivity contribution is 5.90.